The third kappa shape index (κ3) is 3.89. The molecule has 1 atom stereocenters. The molecule has 11 aromatic rings. The van der Waals surface area contributed by atoms with Crippen LogP contribution >= 0.6 is 0 Å². The van der Waals surface area contributed by atoms with E-state index >= 15 is 0 Å². The van der Waals surface area contributed by atoms with Crippen LogP contribution in [0.15, 0.2) is 206 Å². The predicted molar refractivity (Wildman–Crippen MR) is 273 cm³/mol. The first kappa shape index (κ1) is 35.2. The summed E-state index contributed by atoms with van der Waals surface area (Å²) in [5.41, 5.74) is 29.4. The summed E-state index contributed by atoms with van der Waals surface area (Å²) in [5, 5.41) is 2.56. The maximum absolute atomic E-state index is 6.24. The van der Waals surface area contributed by atoms with E-state index in [4.69, 9.17) is 7.85 Å². The second kappa shape index (κ2) is 11.9. The number of rotatable bonds is 2. The van der Waals surface area contributed by atoms with Crippen LogP contribution in [-0.4, -0.2) is 12.4 Å². The lowest BCUT2D eigenvalue weighted by Gasteiger charge is -2.43. The van der Waals surface area contributed by atoms with E-state index in [1.54, 1.807) is 0 Å². The second-order valence-corrected chi connectivity index (χ2v) is 19.0. The zero-order valence-corrected chi connectivity index (χ0v) is 36.1. The number of hydrogen-bond donors (Lipinski definition) is 0. The van der Waals surface area contributed by atoms with Gasteiger partial charge in [-0.15, -0.1) is 0 Å². The third-order valence-electron chi connectivity index (χ3n) is 16.2. The summed E-state index contributed by atoms with van der Waals surface area (Å²) in [6, 6.07) is 78.0. The number of hydrogen-bond acceptors (Lipinski definition) is 1. The molecule has 0 saturated heterocycles. The largest absolute Gasteiger partial charge is 0.309 e. The van der Waals surface area contributed by atoms with Gasteiger partial charge in [-0.05, 0) is 121 Å². The minimum atomic E-state index is -0.505. The molecule has 16 rings (SSSR count). The van der Waals surface area contributed by atoms with E-state index < -0.39 is 10.8 Å². The minimum Gasteiger partial charge on any atom is -0.309 e. The fraction of sp³-hybridized carbons (Fsp3) is 0.0476. The molecule has 66 heavy (non-hydrogen) atoms. The SMILES string of the molecule is [B]c1ccc(-c2ccc3c(c2)C2(C)c4ccccc4-c4cccc(c42)N3c2ccc3c4c2-c2ccccc2-n2c5ccccc5c5ccc(c-4c52)C32c3ccccc3-c3ccccc32)cc1. The van der Waals surface area contributed by atoms with E-state index in [2.05, 4.69) is 211 Å². The van der Waals surface area contributed by atoms with E-state index in [-0.39, 0.29) is 0 Å². The monoisotopic (exact) mass is 832 g/mol. The molecule has 3 heterocycles. The summed E-state index contributed by atoms with van der Waals surface area (Å²) in [6.07, 6.45) is 0. The molecule has 0 bridgehead atoms. The van der Waals surface area contributed by atoms with Gasteiger partial charge in [-0.3, -0.25) is 0 Å². The molecule has 3 aliphatic carbocycles. The molecule has 5 aliphatic rings. The third-order valence-corrected chi connectivity index (χ3v) is 16.2. The first-order valence-corrected chi connectivity index (χ1v) is 23.1. The first-order chi connectivity index (χ1) is 32.6. The summed E-state index contributed by atoms with van der Waals surface area (Å²) in [7, 11) is 6.24. The average molecular weight is 833 g/mol. The van der Waals surface area contributed by atoms with E-state index in [0.29, 0.717) is 0 Å². The normalized spacial score (nSPS) is 16.5. The molecule has 2 aliphatic heterocycles. The van der Waals surface area contributed by atoms with Crippen molar-refractivity contribution >= 4 is 52.2 Å². The highest BCUT2D eigenvalue weighted by molar-refractivity contribution is 6.32. The molecule has 3 heteroatoms. The molecule has 0 amide bonds. The quantitative estimate of drug-likeness (QED) is 0.158. The number of anilines is 3. The fourth-order valence-electron chi connectivity index (χ4n) is 13.8. The smallest absolute Gasteiger partial charge is 0.113 e. The van der Waals surface area contributed by atoms with Crippen LogP contribution < -0.4 is 10.4 Å². The molecule has 0 N–H and O–H groups in total. The second-order valence-electron chi connectivity index (χ2n) is 19.0. The highest BCUT2D eigenvalue weighted by atomic mass is 15.2. The molecule has 0 fully saturated rings. The van der Waals surface area contributed by atoms with Crippen molar-refractivity contribution in [1.29, 1.82) is 0 Å². The topological polar surface area (TPSA) is 8.17 Å². The van der Waals surface area contributed by atoms with Gasteiger partial charge in [0, 0.05) is 32.9 Å². The number of aromatic nitrogens is 1. The van der Waals surface area contributed by atoms with Gasteiger partial charge >= 0.3 is 0 Å². The summed E-state index contributed by atoms with van der Waals surface area (Å²) in [4.78, 5) is 2.63. The van der Waals surface area contributed by atoms with Crippen molar-refractivity contribution in [2.24, 2.45) is 0 Å². The van der Waals surface area contributed by atoms with Crippen molar-refractivity contribution in [2.75, 3.05) is 4.90 Å². The van der Waals surface area contributed by atoms with Gasteiger partial charge in [-0.1, -0.05) is 175 Å². The van der Waals surface area contributed by atoms with Gasteiger partial charge in [0.05, 0.1) is 39.2 Å². The van der Waals surface area contributed by atoms with Crippen molar-refractivity contribution in [2.45, 2.75) is 17.8 Å². The standard InChI is InChI=1S/C63H37BN2/c1-62-46-19-7-2-15-41(46)43-18-12-24-56(60(43)62)65(54-33-27-37(35-51(54)62)36-25-28-38(64)29-26-36)55-34-32-49-58-57(55)45-17-6-11-23-53(45)66-52-22-10-5-16-42(52)44-30-31-50(59(58)61(44)66)63(49)47-20-8-3-13-39(47)40-14-4-9-21-48(40)63/h2-35H,1H3. The van der Waals surface area contributed by atoms with Crippen LogP contribution in [0.4, 0.5) is 17.1 Å². The Morgan fingerprint density at radius 2 is 0.970 bits per heavy atom. The Morgan fingerprint density at radius 3 is 1.76 bits per heavy atom. The van der Waals surface area contributed by atoms with Crippen LogP contribution in [-0.2, 0) is 10.8 Å². The van der Waals surface area contributed by atoms with Gasteiger partial charge in [-0.2, -0.15) is 0 Å². The Balaban J connectivity index is 1.08. The molecule has 10 aromatic carbocycles. The molecule has 0 saturated carbocycles. The molecule has 2 radical (unpaired) electrons. The number of benzene rings is 10. The number of fused-ring (bicyclic) bond motifs is 18. The van der Waals surface area contributed by atoms with Crippen molar-refractivity contribution in [3.05, 3.63) is 245 Å². The predicted octanol–water partition coefficient (Wildman–Crippen LogP) is 14.7. The van der Waals surface area contributed by atoms with E-state index in [1.165, 1.54) is 134 Å². The molecular weight excluding hydrogens is 796 g/mol. The van der Waals surface area contributed by atoms with Crippen LogP contribution in [0.5, 0.6) is 0 Å². The van der Waals surface area contributed by atoms with Crippen molar-refractivity contribution in [1.82, 2.24) is 4.57 Å². The van der Waals surface area contributed by atoms with E-state index in [0.717, 1.165) is 11.0 Å². The summed E-state index contributed by atoms with van der Waals surface area (Å²) in [6.45, 7) is 2.46. The highest BCUT2D eigenvalue weighted by Crippen LogP contribution is 2.69. The fourth-order valence-corrected chi connectivity index (χ4v) is 13.8. The number of para-hydroxylation sites is 2. The summed E-state index contributed by atoms with van der Waals surface area (Å²) >= 11 is 0. The molecular formula is C63H37BN2. The van der Waals surface area contributed by atoms with Gasteiger partial charge in [-0.25, -0.2) is 0 Å². The van der Waals surface area contributed by atoms with Gasteiger partial charge < -0.3 is 9.47 Å². The zero-order valence-electron chi connectivity index (χ0n) is 36.1. The van der Waals surface area contributed by atoms with Gasteiger partial charge in [0.2, 0.25) is 0 Å². The van der Waals surface area contributed by atoms with E-state index in [1.807, 2.05) is 12.1 Å². The summed E-state index contributed by atoms with van der Waals surface area (Å²) in [5.74, 6) is 0. The number of nitrogens with zero attached hydrogens (tertiary/aromatic N) is 2. The van der Waals surface area contributed by atoms with Crippen LogP contribution in [0, 0.1) is 0 Å². The van der Waals surface area contributed by atoms with Gasteiger partial charge in [0.25, 0.3) is 0 Å². The molecule has 302 valence electrons. The molecule has 1 aromatic heterocycles. The molecule has 1 unspecified atom stereocenters. The van der Waals surface area contributed by atoms with E-state index in [9.17, 15) is 0 Å². The van der Waals surface area contributed by atoms with Crippen molar-refractivity contribution < 1.29 is 0 Å². The lowest BCUT2D eigenvalue weighted by atomic mass is 9.69. The summed E-state index contributed by atoms with van der Waals surface area (Å²) < 4.78 is 2.59. The van der Waals surface area contributed by atoms with Crippen molar-refractivity contribution in [3.63, 3.8) is 0 Å². The Bertz CT molecular complexity index is 3990. The Labute approximate surface area is 384 Å². The molecule has 1 spiro atoms. The average Bonchev–Trinajstić information content (AvgIpc) is 4.03. The van der Waals surface area contributed by atoms with Gasteiger partial charge in [0.15, 0.2) is 0 Å². The maximum atomic E-state index is 6.24. The van der Waals surface area contributed by atoms with Gasteiger partial charge in [0.1, 0.15) is 7.85 Å². The Hall–Kier alpha value is -8.14. The molecule has 2 nitrogen and oxygen atoms in total. The minimum absolute atomic E-state index is 0.391. The Morgan fingerprint density at radius 1 is 0.379 bits per heavy atom. The van der Waals surface area contributed by atoms with Crippen molar-refractivity contribution in [3.8, 4) is 61.3 Å². The van der Waals surface area contributed by atoms with Crippen LogP contribution in [0.25, 0.3) is 83.1 Å². The van der Waals surface area contributed by atoms with Crippen LogP contribution in [0.3, 0.4) is 0 Å². The first-order valence-electron chi connectivity index (χ1n) is 23.1. The highest BCUT2D eigenvalue weighted by Gasteiger charge is 2.55. The van der Waals surface area contributed by atoms with Crippen LogP contribution in [0.2, 0.25) is 0 Å². The Kier molecular flexibility index (Phi) is 6.38. The van der Waals surface area contributed by atoms with Crippen LogP contribution in [0.1, 0.15) is 45.9 Å². The lowest BCUT2D eigenvalue weighted by molar-refractivity contribution is 0.702. The lowest BCUT2D eigenvalue weighted by Crippen LogP contribution is -2.32. The zero-order chi connectivity index (χ0) is 43.2. The maximum Gasteiger partial charge on any atom is 0.113 e.